The van der Waals surface area contributed by atoms with Crippen LogP contribution in [0.5, 0.6) is 5.75 Å². The number of amides is 1. The van der Waals surface area contributed by atoms with Crippen LogP contribution < -0.4 is 10.1 Å². The first-order valence-corrected chi connectivity index (χ1v) is 7.55. The van der Waals surface area contributed by atoms with E-state index in [1.54, 1.807) is 43.5 Å². The number of methoxy groups -OCH3 is 1. The van der Waals surface area contributed by atoms with E-state index in [4.69, 9.17) is 20.9 Å². The minimum Gasteiger partial charge on any atom is -0.497 e. The molecule has 0 fully saturated rings. The van der Waals surface area contributed by atoms with Crippen LogP contribution in [0.25, 0.3) is 11.5 Å². The van der Waals surface area contributed by atoms with Gasteiger partial charge in [0, 0.05) is 5.69 Å². The van der Waals surface area contributed by atoms with Gasteiger partial charge in [-0.3, -0.25) is 4.79 Å². The summed E-state index contributed by atoms with van der Waals surface area (Å²) >= 11 is 6.09. The van der Waals surface area contributed by atoms with Gasteiger partial charge in [-0.1, -0.05) is 28.9 Å². The zero-order chi connectivity index (χ0) is 16.9. The molecule has 1 heterocycles. The van der Waals surface area contributed by atoms with Crippen LogP contribution in [-0.2, 0) is 11.2 Å². The Labute approximate surface area is 143 Å². The number of hydrogen-bond acceptors (Lipinski definition) is 5. The van der Waals surface area contributed by atoms with Crippen LogP contribution in [0.4, 0.5) is 5.69 Å². The fourth-order valence-corrected chi connectivity index (χ4v) is 2.31. The molecule has 0 bridgehead atoms. The van der Waals surface area contributed by atoms with Crippen molar-refractivity contribution in [3.63, 3.8) is 0 Å². The zero-order valence-electron chi connectivity index (χ0n) is 12.8. The number of benzene rings is 2. The molecule has 0 atom stereocenters. The minimum absolute atomic E-state index is 0.0000180. The lowest BCUT2D eigenvalue weighted by molar-refractivity contribution is -0.115. The monoisotopic (exact) mass is 343 g/mol. The Bertz CT molecular complexity index is 846. The average molecular weight is 344 g/mol. The van der Waals surface area contributed by atoms with E-state index in [1.807, 2.05) is 12.1 Å². The van der Waals surface area contributed by atoms with Crippen LogP contribution in [0.15, 0.2) is 53.1 Å². The maximum Gasteiger partial charge on any atom is 0.259 e. The summed E-state index contributed by atoms with van der Waals surface area (Å²) in [7, 11) is 1.58. The first kappa shape index (κ1) is 16.0. The van der Waals surface area contributed by atoms with Crippen molar-refractivity contribution < 1.29 is 14.1 Å². The fourth-order valence-electron chi connectivity index (χ4n) is 2.09. The zero-order valence-corrected chi connectivity index (χ0v) is 13.6. The first-order valence-electron chi connectivity index (χ1n) is 7.17. The van der Waals surface area contributed by atoms with Gasteiger partial charge in [0.1, 0.15) is 5.75 Å². The van der Waals surface area contributed by atoms with E-state index in [0.29, 0.717) is 16.3 Å². The molecule has 1 amide bonds. The third-order valence-corrected chi connectivity index (χ3v) is 3.59. The van der Waals surface area contributed by atoms with E-state index < -0.39 is 0 Å². The molecule has 0 radical (unpaired) electrons. The second-order valence-electron chi connectivity index (χ2n) is 4.95. The highest BCUT2D eigenvalue weighted by molar-refractivity contribution is 6.33. The van der Waals surface area contributed by atoms with Crippen molar-refractivity contribution >= 4 is 23.2 Å². The highest BCUT2D eigenvalue weighted by Crippen LogP contribution is 2.25. The Morgan fingerprint density at radius 3 is 2.67 bits per heavy atom. The predicted molar refractivity (Wildman–Crippen MR) is 90.1 cm³/mol. The van der Waals surface area contributed by atoms with E-state index in [9.17, 15) is 4.79 Å². The molecule has 3 rings (SSSR count). The molecule has 1 N–H and O–H groups in total. The molecule has 24 heavy (non-hydrogen) atoms. The smallest absolute Gasteiger partial charge is 0.259 e. The van der Waals surface area contributed by atoms with E-state index in [0.717, 1.165) is 5.75 Å². The second-order valence-corrected chi connectivity index (χ2v) is 5.36. The van der Waals surface area contributed by atoms with Gasteiger partial charge in [0.25, 0.3) is 5.89 Å². The van der Waals surface area contributed by atoms with Crippen LogP contribution in [0.3, 0.4) is 0 Å². The van der Waals surface area contributed by atoms with Crippen molar-refractivity contribution in [2.24, 2.45) is 0 Å². The van der Waals surface area contributed by atoms with Crippen molar-refractivity contribution in [1.29, 1.82) is 0 Å². The summed E-state index contributed by atoms with van der Waals surface area (Å²) in [6.45, 7) is 0. The van der Waals surface area contributed by atoms with E-state index in [-0.39, 0.29) is 24.0 Å². The fraction of sp³-hybridized carbons (Fsp3) is 0.118. The molecule has 0 unspecified atom stereocenters. The summed E-state index contributed by atoms with van der Waals surface area (Å²) in [6.07, 6.45) is -0.0000180. The Kier molecular flexibility index (Phi) is 4.77. The molecule has 0 spiro atoms. The number of carbonyl (C=O) groups is 1. The third kappa shape index (κ3) is 3.72. The van der Waals surface area contributed by atoms with Gasteiger partial charge in [0.2, 0.25) is 5.91 Å². The molecule has 122 valence electrons. The van der Waals surface area contributed by atoms with Gasteiger partial charge in [-0.2, -0.15) is 4.98 Å². The molecule has 0 aliphatic carbocycles. The number of halogens is 1. The number of aromatic nitrogens is 2. The lowest BCUT2D eigenvalue weighted by atomic mass is 10.2. The number of anilines is 1. The van der Waals surface area contributed by atoms with Crippen molar-refractivity contribution in [2.75, 3.05) is 12.4 Å². The number of rotatable bonds is 5. The normalized spacial score (nSPS) is 10.4. The van der Waals surface area contributed by atoms with Crippen molar-refractivity contribution in [1.82, 2.24) is 10.1 Å². The lowest BCUT2D eigenvalue weighted by Crippen LogP contribution is -2.15. The number of carbonyl (C=O) groups excluding carboxylic acids is 1. The molecular weight excluding hydrogens is 330 g/mol. The van der Waals surface area contributed by atoms with Crippen LogP contribution in [0.2, 0.25) is 5.02 Å². The molecular formula is C17H14ClN3O3. The Morgan fingerprint density at radius 2 is 1.96 bits per heavy atom. The summed E-state index contributed by atoms with van der Waals surface area (Å²) in [4.78, 5) is 16.3. The Hall–Kier alpha value is -2.86. The molecule has 0 saturated carbocycles. The highest BCUT2D eigenvalue weighted by atomic mass is 35.5. The quantitative estimate of drug-likeness (QED) is 0.766. The summed E-state index contributed by atoms with van der Waals surface area (Å²) in [5.41, 5.74) is 1.30. The van der Waals surface area contributed by atoms with Crippen LogP contribution in [0.1, 0.15) is 5.82 Å². The summed E-state index contributed by atoms with van der Waals surface area (Å²) in [6, 6.07) is 14.2. The molecule has 0 aliphatic rings. The van der Waals surface area contributed by atoms with Crippen molar-refractivity contribution in [2.45, 2.75) is 6.42 Å². The van der Waals surface area contributed by atoms with Crippen molar-refractivity contribution in [3.05, 3.63) is 59.4 Å². The minimum atomic E-state index is -0.244. The molecule has 6 nitrogen and oxygen atoms in total. The summed E-state index contributed by atoms with van der Waals surface area (Å²) in [5, 5.41) is 7.09. The van der Waals surface area contributed by atoms with E-state index in [1.165, 1.54) is 0 Å². The lowest BCUT2D eigenvalue weighted by Gasteiger charge is -2.04. The Morgan fingerprint density at radius 1 is 1.21 bits per heavy atom. The third-order valence-electron chi connectivity index (χ3n) is 3.26. The molecule has 0 saturated heterocycles. The number of nitrogens with one attached hydrogen (secondary N) is 1. The second kappa shape index (κ2) is 7.14. The van der Waals surface area contributed by atoms with Gasteiger partial charge in [-0.25, -0.2) is 0 Å². The van der Waals surface area contributed by atoms with Gasteiger partial charge >= 0.3 is 0 Å². The van der Waals surface area contributed by atoms with Gasteiger partial charge < -0.3 is 14.6 Å². The van der Waals surface area contributed by atoms with Gasteiger partial charge in [0.05, 0.1) is 24.1 Å². The topological polar surface area (TPSA) is 77.2 Å². The van der Waals surface area contributed by atoms with Gasteiger partial charge in [0.15, 0.2) is 5.82 Å². The van der Waals surface area contributed by atoms with Gasteiger partial charge in [-0.05, 0) is 36.4 Å². The standard InChI is InChI=1S/C17H14ClN3O3/c1-23-12-8-6-11(7-9-12)19-16(22)10-15-20-17(24-21-15)13-4-2-3-5-14(13)18/h2-9H,10H2,1H3,(H,19,22). The van der Waals surface area contributed by atoms with Crippen LogP contribution in [0, 0.1) is 0 Å². The number of nitrogens with zero attached hydrogens (tertiary/aromatic N) is 2. The molecule has 3 aromatic rings. The highest BCUT2D eigenvalue weighted by Gasteiger charge is 2.14. The number of ether oxygens (including phenoxy) is 1. The Balaban J connectivity index is 1.66. The summed E-state index contributed by atoms with van der Waals surface area (Å²) < 4.78 is 10.2. The van der Waals surface area contributed by atoms with Crippen molar-refractivity contribution in [3.8, 4) is 17.2 Å². The van der Waals surface area contributed by atoms with Crippen LogP contribution >= 0.6 is 11.6 Å². The maximum atomic E-state index is 12.1. The molecule has 0 aliphatic heterocycles. The molecule has 1 aromatic heterocycles. The SMILES string of the molecule is COc1ccc(NC(=O)Cc2noc(-c3ccccc3Cl)n2)cc1. The van der Waals surface area contributed by atoms with Crippen LogP contribution in [-0.4, -0.2) is 23.2 Å². The first-order chi connectivity index (χ1) is 11.7. The van der Waals surface area contributed by atoms with E-state index >= 15 is 0 Å². The van der Waals surface area contributed by atoms with Gasteiger partial charge in [-0.15, -0.1) is 0 Å². The molecule has 7 heteroatoms. The molecule has 2 aromatic carbocycles. The number of hydrogen-bond donors (Lipinski definition) is 1. The maximum absolute atomic E-state index is 12.1. The summed E-state index contributed by atoms with van der Waals surface area (Å²) in [5.74, 6) is 1.05. The predicted octanol–water partition coefficient (Wildman–Crippen LogP) is 3.58. The average Bonchev–Trinajstić information content (AvgIpc) is 3.04. The van der Waals surface area contributed by atoms with E-state index in [2.05, 4.69) is 15.5 Å². The largest absolute Gasteiger partial charge is 0.497 e.